The molecule has 172 valence electrons. The van der Waals surface area contributed by atoms with Gasteiger partial charge in [0.25, 0.3) is 11.8 Å². The van der Waals surface area contributed by atoms with Crippen molar-refractivity contribution in [1.82, 2.24) is 5.48 Å². The van der Waals surface area contributed by atoms with Crippen LogP contribution in [0.5, 0.6) is 5.75 Å². The quantitative estimate of drug-likeness (QED) is 0.180. The van der Waals surface area contributed by atoms with Crippen LogP contribution in [-0.4, -0.2) is 23.6 Å². The number of carbonyl (C=O) groups is 2. The maximum Gasteiger partial charge on any atom is 0.267 e. The number of hydrogen-bond acceptors (Lipinski definition) is 4. The van der Waals surface area contributed by atoms with Gasteiger partial charge in [-0.05, 0) is 71.9 Å². The lowest BCUT2D eigenvalue weighted by Gasteiger charge is -2.12. The molecule has 0 bridgehead atoms. The number of hydrogen-bond donors (Lipinski definition) is 3. The van der Waals surface area contributed by atoms with E-state index in [9.17, 15) is 9.59 Å². The van der Waals surface area contributed by atoms with Crippen molar-refractivity contribution in [2.45, 2.75) is 12.8 Å². The molecule has 34 heavy (non-hydrogen) atoms. The van der Waals surface area contributed by atoms with E-state index in [0.717, 1.165) is 22.4 Å². The molecule has 1 aliphatic rings. The number of anilines is 1. The second kappa shape index (κ2) is 11.1. The summed E-state index contributed by atoms with van der Waals surface area (Å²) >= 11 is 0. The monoisotopic (exact) mass is 454 g/mol. The fourth-order valence-electron chi connectivity index (χ4n) is 3.33. The summed E-state index contributed by atoms with van der Waals surface area (Å²) in [5, 5.41) is 11.6. The Bertz CT molecular complexity index is 1200. The summed E-state index contributed by atoms with van der Waals surface area (Å²) in [6.45, 7) is 0.696. The maximum atomic E-state index is 13.3. The average Bonchev–Trinajstić information content (AvgIpc) is 3.70. The van der Waals surface area contributed by atoms with Gasteiger partial charge in [-0.2, -0.15) is 0 Å². The highest BCUT2D eigenvalue weighted by Crippen LogP contribution is 2.30. The van der Waals surface area contributed by atoms with Gasteiger partial charge in [0.05, 0.1) is 6.61 Å². The molecule has 0 unspecified atom stereocenters. The van der Waals surface area contributed by atoms with Gasteiger partial charge in [-0.3, -0.25) is 14.8 Å². The van der Waals surface area contributed by atoms with Gasteiger partial charge in [0.1, 0.15) is 5.75 Å². The first-order valence-corrected chi connectivity index (χ1v) is 11.1. The molecular weight excluding hydrogens is 428 g/mol. The lowest BCUT2D eigenvalue weighted by molar-refractivity contribution is -0.124. The molecule has 6 nitrogen and oxygen atoms in total. The number of amides is 2. The molecule has 0 radical (unpaired) electrons. The number of para-hydroxylation sites is 1. The normalized spacial score (nSPS) is 13.5. The van der Waals surface area contributed by atoms with Crippen molar-refractivity contribution in [2.75, 3.05) is 11.9 Å². The van der Waals surface area contributed by atoms with Crippen molar-refractivity contribution < 1.29 is 19.5 Å². The highest BCUT2D eigenvalue weighted by Gasteiger charge is 2.22. The van der Waals surface area contributed by atoms with Gasteiger partial charge >= 0.3 is 0 Å². The predicted octanol–water partition coefficient (Wildman–Crippen LogP) is 5.17. The van der Waals surface area contributed by atoms with Gasteiger partial charge in [-0.15, -0.1) is 0 Å². The number of nitrogens with one attached hydrogen (secondary N) is 2. The predicted molar refractivity (Wildman–Crippen MR) is 133 cm³/mol. The van der Waals surface area contributed by atoms with Crippen molar-refractivity contribution in [3.8, 4) is 5.75 Å². The molecule has 3 N–H and O–H groups in total. The molecule has 4 rings (SSSR count). The fraction of sp³-hybridized carbons (Fsp3) is 0.143. The zero-order valence-corrected chi connectivity index (χ0v) is 18.6. The second-order valence-corrected chi connectivity index (χ2v) is 8.14. The van der Waals surface area contributed by atoms with Crippen molar-refractivity contribution in [3.63, 3.8) is 0 Å². The Morgan fingerprint density at radius 2 is 1.68 bits per heavy atom. The zero-order valence-electron chi connectivity index (χ0n) is 18.6. The lowest BCUT2D eigenvalue weighted by atomic mass is 10.0. The summed E-state index contributed by atoms with van der Waals surface area (Å²) in [5.41, 5.74) is 5.13. The van der Waals surface area contributed by atoms with Crippen LogP contribution in [0.2, 0.25) is 0 Å². The molecule has 1 fully saturated rings. The number of hydroxylamine groups is 1. The Balaban J connectivity index is 1.61. The van der Waals surface area contributed by atoms with Gasteiger partial charge in [-0.25, -0.2) is 5.48 Å². The van der Waals surface area contributed by atoms with Gasteiger partial charge < -0.3 is 10.1 Å². The lowest BCUT2D eigenvalue weighted by Crippen LogP contribution is -2.14. The Morgan fingerprint density at radius 1 is 0.941 bits per heavy atom. The molecule has 1 saturated carbocycles. The zero-order chi connectivity index (χ0) is 23.8. The Labute approximate surface area is 198 Å². The smallest absolute Gasteiger partial charge is 0.267 e. The Kier molecular flexibility index (Phi) is 7.53. The molecular formula is C28H26N2O4. The molecule has 6 heteroatoms. The SMILES string of the molecule is O=C(/C=C/c1ccc(/C=C(\C(=O)Nc2ccccc2)c2cccc(OCC3CC3)c2)cc1)NO. The number of ether oxygens (including phenoxy) is 1. The molecule has 0 saturated heterocycles. The van der Waals surface area contributed by atoms with Crippen molar-refractivity contribution in [1.29, 1.82) is 0 Å². The van der Waals surface area contributed by atoms with Crippen LogP contribution in [-0.2, 0) is 9.59 Å². The minimum atomic E-state index is -0.604. The second-order valence-electron chi connectivity index (χ2n) is 8.14. The van der Waals surface area contributed by atoms with E-state index in [1.54, 1.807) is 11.6 Å². The van der Waals surface area contributed by atoms with E-state index >= 15 is 0 Å². The van der Waals surface area contributed by atoms with Crippen LogP contribution >= 0.6 is 0 Å². The molecule has 3 aromatic rings. The Hall–Kier alpha value is -4.16. The van der Waals surface area contributed by atoms with Crippen molar-refractivity contribution >= 4 is 35.2 Å². The summed E-state index contributed by atoms with van der Waals surface area (Å²) in [6, 6.07) is 24.3. The van der Waals surface area contributed by atoms with Gasteiger partial charge in [0.15, 0.2) is 0 Å². The number of carbonyl (C=O) groups excluding carboxylic acids is 2. The van der Waals surface area contributed by atoms with Crippen LogP contribution in [0.4, 0.5) is 5.69 Å². The summed E-state index contributed by atoms with van der Waals surface area (Å²) in [4.78, 5) is 24.5. The molecule has 0 aliphatic heterocycles. The van der Waals surface area contributed by atoms with Crippen LogP contribution in [0.15, 0.2) is 84.9 Å². The summed E-state index contributed by atoms with van der Waals surface area (Å²) in [5.74, 6) is 0.545. The third-order valence-corrected chi connectivity index (χ3v) is 5.39. The molecule has 0 heterocycles. The fourth-order valence-corrected chi connectivity index (χ4v) is 3.33. The van der Waals surface area contributed by atoms with Gasteiger partial charge in [-0.1, -0.05) is 54.6 Å². The number of benzene rings is 3. The van der Waals surface area contributed by atoms with Gasteiger partial charge in [0, 0.05) is 17.3 Å². The highest BCUT2D eigenvalue weighted by atomic mass is 16.5. The van der Waals surface area contributed by atoms with Crippen LogP contribution in [0, 0.1) is 5.92 Å². The summed E-state index contributed by atoms with van der Waals surface area (Å²) < 4.78 is 5.92. The Morgan fingerprint density at radius 3 is 2.38 bits per heavy atom. The van der Waals surface area contributed by atoms with Crippen molar-refractivity contribution in [3.05, 3.63) is 102 Å². The maximum absolute atomic E-state index is 13.3. The topological polar surface area (TPSA) is 87.7 Å². The van der Waals surface area contributed by atoms with E-state index in [4.69, 9.17) is 9.94 Å². The first-order chi connectivity index (χ1) is 16.6. The number of rotatable bonds is 9. The molecule has 2 amide bonds. The minimum Gasteiger partial charge on any atom is -0.493 e. The van der Waals surface area contributed by atoms with E-state index in [2.05, 4.69) is 5.32 Å². The van der Waals surface area contributed by atoms with E-state index in [1.807, 2.05) is 84.9 Å². The van der Waals surface area contributed by atoms with E-state index < -0.39 is 5.91 Å². The van der Waals surface area contributed by atoms with E-state index in [0.29, 0.717) is 23.8 Å². The molecule has 0 atom stereocenters. The van der Waals surface area contributed by atoms with E-state index in [1.165, 1.54) is 18.9 Å². The average molecular weight is 455 g/mol. The standard InChI is InChI=1S/C28H26N2O4/c31-27(30-33)16-15-20-9-11-21(12-10-20)17-26(28(32)29-24-6-2-1-3-7-24)23-5-4-8-25(18-23)34-19-22-13-14-22/h1-12,15-18,22,33H,13-14,19H2,(H,29,32)(H,30,31)/b16-15+,26-17-. The largest absolute Gasteiger partial charge is 0.493 e. The van der Waals surface area contributed by atoms with Crippen molar-refractivity contribution in [2.24, 2.45) is 5.92 Å². The van der Waals surface area contributed by atoms with Gasteiger partial charge in [0.2, 0.25) is 0 Å². The molecule has 1 aliphatic carbocycles. The summed E-state index contributed by atoms with van der Waals surface area (Å²) in [6.07, 6.45) is 7.06. The van der Waals surface area contributed by atoms with Crippen LogP contribution in [0.1, 0.15) is 29.5 Å². The third-order valence-electron chi connectivity index (χ3n) is 5.39. The summed E-state index contributed by atoms with van der Waals surface area (Å²) in [7, 11) is 0. The molecule has 3 aromatic carbocycles. The molecule has 0 aromatic heterocycles. The van der Waals surface area contributed by atoms with Crippen LogP contribution < -0.4 is 15.5 Å². The molecule has 0 spiro atoms. The van der Waals surface area contributed by atoms with Crippen LogP contribution in [0.25, 0.3) is 17.7 Å². The van der Waals surface area contributed by atoms with E-state index in [-0.39, 0.29) is 5.91 Å². The first kappa shape index (κ1) is 23.0. The van der Waals surface area contributed by atoms with Crippen LogP contribution in [0.3, 0.4) is 0 Å². The third kappa shape index (κ3) is 6.67. The highest BCUT2D eigenvalue weighted by molar-refractivity contribution is 6.29. The minimum absolute atomic E-state index is 0.228. The first-order valence-electron chi connectivity index (χ1n) is 11.1.